The summed E-state index contributed by atoms with van der Waals surface area (Å²) in [6.07, 6.45) is 0. The number of imide groups is 1. The first-order valence-corrected chi connectivity index (χ1v) is 9.10. The number of benzene rings is 2. The minimum absolute atomic E-state index is 0.153. The summed E-state index contributed by atoms with van der Waals surface area (Å²) in [7, 11) is 1.51. The molecule has 154 valence electrons. The van der Waals surface area contributed by atoms with E-state index >= 15 is 0 Å². The lowest BCUT2D eigenvalue weighted by molar-refractivity contribution is -0.142. The molecule has 0 atom stereocenters. The number of carbonyl (C=O) groups excluding carboxylic acids is 4. The Balaban J connectivity index is 1.96. The zero-order valence-electron chi connectivity index (χ0n) is 16.4. The molecule has 2 aromatic rings. The summed E-state index contributed by atoms with van der Waals surface area (Å²) >= 11 is 0. The summed E-state index contributed by atoms with van der Waals surface area (Å²) in [5, 5.41) is 2.34. The van der Waals surface area contributed by atoms with Gasteiger partial charge >= 0.3 is 5.97 Å². The first-order valence-electron chi connectivity index (χ1n) is 9.10. The second-order valence-electron chi connectivity index (χ2n) is 6.11. The fraction of sp³-hybridized carbons (Fsp3) is 0.190. The van der Waals surface area contributed by atoms with Crippen LogP contribution in [-0.4, -0.2) is 54.7 Å². The van der Waals surface area contributed by atoms with Gasteiger partial charge in [-0.1, -0.05) is 12.1 Å². The average Bonchev–Trinajstić information content (AvgIpc) is 3.01. The van der Waals surface area contributed by atoms with Crippen LogP contribution in [0, 0.1) is 0 Å². The van der Waals surface area contributed by atoms with Crippen molar-refractivity contribution in [1.82, 2.24) is 10.2 Å². The molecular formula is C21H19N3O6. The first-order chi connectivity index (χ1) is 14.5. The predicted octanol–water partition coefficient (Wildman–Crippen LogP) is 1.70. The Labute approximate surface area is 172 Å². The molecule has 0 aromatic heterocycles. The number of methoxy groups -OCH3 is 1. The number of nitrogens with zero attached hydrogens (tertiary/aromatic N) is 2. The quantitative estimate of drug-likeness (QED) is 0.348. The van der Waals surface area contributed by atoms with Crippen LogP contribution in [0.15, 0.2) is 53.5 Å². The number of esters is 1. The smallest absolute Gasteiger partial charge is 0.325 e. The van der Waals surface area contributed by atoms with Gasteiger partial charge in [0.05, 0.1) is 30.5 Å². The van der Waals surface area contributed by atoms with Crippen LogP contribution in [0.5, 0.6) is 5.75 Å². The molecule has 2 aromatic carbocycles. The van der Waals surface area contributed by atoms with E-state index in [9.17, 15) is 19.2 Å². The highest BCUT2D eigenvalue weighted by molar-refractivity contribution is 6.47. The molecule has 9 nitrogen and oxygen atoms in total. The fourth-order valence-electron chi connectivity index (χ4n) is 2.81. The molecule has 0 fully saturated rings. The fourth-order valence-corrected chi connectivity index (χ4v) is 2.81. The van der Waals surface area contributed by atoms with Crippen molar-refractivity contribution in [2.75, 3.05) is 20.3 Å². The highest BCUT2D eigenvalue weighted by Crippen LogP contribution is 2.25. The SMILES string of the molecule is CCOC(=O)CNC(=O)C(=Nc1ccc(OC)cc1)N1C(=O)c2ccccc2C1=O. The van der Waals surface area contributed by atoms with Crippen LogP contribution in [-0.2, 0) is 14.3 Å². The number of fused-ring (bicyclic) bond motifs is 1. The van der Waals surface area contributed by atoms with Crippen LogP contribution in [0.25, 0.3) is 0 Å². The van der Waals surface area contributed by atoms with Crippen LogP contribution in [0.3, 0.4) is 0 Å². The number of rotatable bonds is 5. The summed E-state index contributed by atoms with van der Waals surface area (Å²) < 4.78 is 9.87. The largest absolute Gasteiger partial charge is 0.497 e. The number of amides is 3. The lowest BCUT2D eigenvalue weighted by Crippen LogP contribution is -2.47. The molecule has 1 aliphatic heterocycles. The third-order valence-corrected chi connectivity index (χ3v) is 4.21. The maximum Gasteiger partial charge on any atom is 0.325 e. The summed E-state index contributed by atoms with van der Waals surface area (Å²) in [5.74, 6) is -2.74. The van der Waals surface area contributed by atoms with Crippen molar-refractivity contribution in [3.8, 4) is 5.75 Å². The summed E-state index contributed by atoms with van der Waals surface area (Å²) in [6.45, 7) is 1.35. The van der Waals surface area contributed by atoms with Crippen LogP contribution in [0.4, 0.5) is 5.69 Å². The summed E-state index contributed by atoms with van der Waals surface area (Å²) in [6, 6.07) is 12.6. The third kappa shape index (κ3) is 4.19. The van der Waals surface area contributed by atoms with Crippen molar-refractivity contribution in [3.05, 3.63) is 59.7 Å². The lowest BCUT2D eigenvalue weighted by Gasteiger charge is -2.16. The lowest BCUT2D eigenvalue weighted by atomic mass is 10.1. The van der Waals surface area contributed by atoms with E-state index in [4.69, 9.17) is 9.47 Å². The maximum atomic E-state index is 12.8. The van der Waals surface area contributed by atoms with Crippen molar-refractivity contribution < 1.29 is 28.7 Å². The predicted molar refractivity (Wildman–Crippen MR) is 107 cm³/mol. The second kappa shape index (κ2) is 8.99. The molecule has 0 saturated heterocycles. The molecular weight excluding hydrogens is 390 g/mol. The molecule has 3 rings (SSSR count). The highest BCUT2D eigenvalue weighted by Gasteiger charge is 2.40. The summed E-state index contributed by atoms with van der Waals surface area (Å²) in [5.41, 5.74) is 0.653. The number of carbonyl (C=O) groups is 4. The van der Waals surface area contributed by atoms with E-state index < -0.39 is 36.1 Å². The minimum Gasteiger partial charge on any atom is -0.497 e. The molecule has 0 spiro atoms. The van der Waals surface area contributed by atoms with Crippen LogP contribution < -0.4 is 10.1 Å². The van der Waals surface area contributed by atoms with E-state index in [-0.39, 0.29) is 17.7 Å². The number of hydrogen-bond acceptors (Lipinski definition) is 7. The number of amidine groups is 1. The Hall–Kier alpha value is -4.01. The van der Waals surface area contributed by atoms with Gasteiger partial charge < -0.3 is 14.8 Å². The van der Waals surface area contributed by atoms with Gasteiger partial charge in [-0.05, 0) is 43.3 Å². The molecule has 0 bridgehead atoms. The summed E-state index contributed by atoms with van der Waals surface area (Å²) in [4.78, 5) is 54.9. The van der Waals surface area contributed by atoms with Crippen LogP contribution >= 0.6 is 0 Å². The monoisotopic (exact) mass is 409 g/mol. The zero-order chi connectivity index (χ0) is 21.7. The Morgan fingerprint density at radius 3 is 2.13 bits per heavy atom. The average molecular weight is 409 g/mol. The van der Waals surface area contributed by atoms with E-state index in [1.54, 1.807) is 43.3 Å². The van der Waals surface area contributed by atoms with E-state index in [0.717, 1.165) is 0 Å². The van der Waals surface area contributed by atoms with Crippen molar-refractivity contribution in [3.63, 3.8) is 0 Å². The molecule has 3 amide bonds. The molecule has 9 heteroatoms. The Bertz CT molecular complexity index is 994. The topological polar surface area (TPSA) is 114 Å². The number of ether oxygens (including phenoxy) is 2. The first kappa shape index (κ1) is 20.7. The van der Waals surface area contributed by atoms with Gasteiger partial charge in [-0.3, -0.25) is 19.2 Å². The Morgan fingerprint density at radius 2 is 1.60 bits per heavy atom. The number of nitrogens with one attached hydrogen (secondary N) is 1. The van der Waals surface area contributed by atoms with Gasteiger partial charge in [0.2, 0.25) is 5.84 Å². The van der Waals surface area contributed by atoms with Crippen LogP contribution in [0.1, 0.15) is 27.6 Å². The van der Waals surface area contributed by atoms with Gasteiger partial charge in [-0.15, -0.1) is 0 Å². The zero-order valence-corrected chi connectivity index (χ0v) is 16.4. The van der Waals surface area contributed by atoms with Crippen molar-refractivity contribution in [1.29, 1.82) is 0 Å². The molecule has 30 heavy (non-hydrogen) atoms. The van der Waals surface area contributed by atoms with Gasteiger partial charge in [-0.2, -0.15) is 0 Å². The van der Waals surface area contributed by atoms with E-state index in [1.165, 1.54) is 19.2 Å². The highest BCUT2D eigenvalue weighted by atomic mass is 16.5. The number of aliphatic imine (C=N–C) groups is 1. The molecule has 0 aliphatic carbocycles. The van der Waals surface area contributed by atoms with Crippen molar-refractivity contribution >= 4 is 35.2 Å². The Kier molecular flexibility index (Phi) is 6.21. The second-order valence-corrected chi connectivity index (χ2v) is 6.11. The molecule has 1 N–H and O–H groups in total. The van der Waals surface area contributed by atoms with Crippen LogP contribution in [0.2, 0.25) is 0 Å². The normalized spacial score (nSPS) is 13.1. The molecule has 1 heterocycles. The number of hydrogen-bond donors (Lipinski definition) is 1. The molecule has 0 saturated carbocycles. The minimum atomic E-state index is -0.867. The third-order valence-electron chi connectivity index (χ3n) is 4.21. The van der Waals surface area contributed by atoms with E-state index in [0.29, 0.717) is 16.3 Å². The van der Waals surface area contributed by atoms with Gasteiger partial charge in [0.1, 0.15) is 12.3 Å². The van der Waals surface area contributed by atoms with Gasteiger partial charge in [0.25, 0.3) is 17.7 Å². The molecule has 1 aliphatic rings. The van der Waals surface area contributed by atoms with E-state index in [1.807, 2.05) is 0 Å². The standard InChI is InChI=1S/C21H19N3O6/c1-3-30-17(25)12-22-19(26)18(23-13-8-10-14(29-2)11-9-13)24-20(27)15-6-4-5-7-16(15)21(24)28/h4-11H,3,12H2,1-2H3,(H,22,26). The van der Waals surface area contributed by atoms with Gasteiger partial charge in [0, 0.05) is 0 Å². The van der Waals surface area contributed by atoms with E-state index in [2.05, 4.69) is 10.3 Å². The van der Waals surface area contributed by atoms with Gasteiger partial charge in [0.15, 0.2) is 0 Å². The van der Waals surface area contributed by atoms with Crippen molar-refractivity contribution in [2.24, 2.45) is 4.99 Å². The molecule has 0 unspecified atom stereocenters. The van der Waals surface area contributed by atoms with Gasteiger partial charge in [-0.25, -0.2) is 9.89 Å². The van der Waals surface area contributed by atoms with Crippen molar-refractivity contribution in [2.45, 2.75) is 6.92 Å². The Morgan fingerprint density at radius 1 is 1.00 bits per heavy atom. The molecule has 0 radical (unpaired) electrons. The maximum absolute atomic E-state index is 12.8.